The van der Waals surface area contributed by atoms with Gasteiger partial charge in [0.1, 0.15) is 24.2 Å². The molecule has 0 saturated carbocycles. The van der Waals surface area contributed by atoms with Crippen molar-refractivity contribution < 1.29 is 27.1 Å². The summed E-state index contributed by atoms with van der Waals surface area (Å²) in [7, 11) is -2.88. The molecule has 10 heteroatoms. The van der Waals surface area contributed by atoms with E-state index in [1.807, 2.05) is 44.2 Å². The number of ether oxygens (including phenoxy) is 1. The Kier molecular flexibility index (Phi) is 11.3. The Morgan fingerprint density at radius 2 is 1.44 bits per heavy atom. The number of carbonyl (C=O) groups excluding carboxylic acids is 2. The zero-order valence-corrected chi connectivity index (χ0v) is 26.4. The van der Waals surface area contributed by atoms with Gasteiger partial charge in [0.2, 0.25) is 11.8 Å². The van der Waals surface area contributed by atoms with Crippen molar-refractivity contribution in [3.05, 3.63) is 126 Å². The minimum absolute atomic E-state index is 0.0279. The predicted octanol–water partition coefficient (Wildman–Crippen LogP) is 5.44. The molecule has 0 heterocycles. The number of nitrogens with one attached hydrogen (secondary N) is 1. The monoisotopic (exact) mass is 631 g/mol. The molecule has 0 saturated heterocycles. The van der Waals surface area contributed by atoms with Gasteiger partial charge in [0.15, 0.2) is 0 Å². The molecule has 45 heavy (non-hydrogen) atoms. The second kappa shape index (κ2) is 15.3. The van der Waals surface area contributed by atoms with Crippen LogP contribution >= 0.6 is 0 Å². The summed E-state index contributed by atoms with van der Waals surface area (Å²) in [6, 6.07) is 28.4. The topological polar surface area (TPSA) is 96.0 Å². The number of nitrogens with zero attached hydrogens (tertiary/aromatic N) is 2. The van der Waals surface area contributed by atoms with E-state index in [-0.39, 0.29) is 40.8 Å². The van der Waals surface area contributed by atoms with E-state index in [1.165, 1.54) is 36.3 Å². The standard InChI is InChI=1S/C35H38FN3O5S/c1-26(2)23-37-35(41)32(22-27-14-6-4-7-15-27)38(24-28-16-10-11-19-30(28)36)34(40)25-39(31-20-12-13-21-33(31)44-3)45(42,43)29-17-8-5-9-18-29/h4-21,26,32H,22-25H2,1-3H3,(H,37,41)/t32-/m1/s1. The van der Waals surface area contributed by atoms with Crippen molar-refractivity contribution in [3.8, 4) is 5.75 Å². The van der Waals surface area contributed by atoms with Gasteiger partial charge < -0.3 is 15.0 Å². The summed E-state index contributed by atoms with van der Waals surface area (Å²) in [4.78, 5) is 29.5. The van der Waals surface area contributed by atoms with Crippen molar-refractivity contribution in [2.75, 3.05) is 24.5 Å². The fourth-order valence-electron chi connectivity index (χ4n) is 4.86. The fourth-order valence-corrected chi connectivity index (χ4v) is 6.30. The van der Waals surface area contributed by atoms with Gasteiger partial charge in [0, 0.05) is 25.1 Å². The summed E-state index contributed by atoms with van der Waals surface area (Å²) in [6.07, 6.45) is 0.130. The summed E-state index contributed by atoms with van der Waals surface area (Å²) in [5.41, 5.74) is 1.12. The maximum atomic E-state index is 15.0. The van der Waals surface area contributed by atoms with Gasteiger partial charge in [-0.1, -0.05) is 92.7 Å². The van der Waals surface area contributed by atoms with Crippen molar-refractivity contribution in [2.24, 2.45) is 5.92 Å². The highest BCUT2D eigenvalue weighted by atomic mass is 32.2. The number of benzene rings is 4. The van der Waals surface area contributed by atoms with Gasteiger partial charge in [-0.3, -0.25) is 13.9 Å². The maximum Gasteiger partial charge on any atom is 0.264 e. The fraction of sp³-hybridized carbons (Fsp3) is 0.257. The third kappa shape index (κ3) is 8.48. The lowest BCUT2D eigenvalue weighted by molar-refractivity contribution is -0.140. The Morgan fingerprint density at radius 1 is 0.844 bits per heavy atom. The van der Waals surface area contributed by atoms with Gasteiger partial charge in [-0.25, -0.2) is 12.8 Å². The van der Waals surface area contributed by atoms with E-state index in [0.717, 1.165) is 9.87 Å². The third-order valence-corrected chi connectivity index (χ3v) is 8.99. The first-order chi connectivity index (χ1) is 21.6. The van der Waals surface area contributed by atoms with Crippen LogP contribution in [0.1, 0.15) is 25.0 Å². The Morgan fingerprint density at radius 3 is 2.09 bits per heavy atom. The van der Waals surface area contributed by atoms with Crippen molar-refractivity contribution in [1.82, 2.24) is 10.2 Å². The number of halogens is 1. The van der Waals surface area contributed by atoms with E-state index in [1.54, 1.807) is 54.6 Å². The lowest BCUT2D eigenvalue weighted by Crippen LogP contribution is -2.53. The first-order valence-corrected chi connectivity index (χ1v) is 16.1. The Balaban J connectivity index is 1.83. The van der Waals surface area contributed by atoms with Gasteiger partial charge in [-0.2, -0.15) is 0 Å². The summed E-state index contributed by atoms with van der Waals surface area (Å²) < 4.78 is 49.7. The third-order valence-electron chi connectivity index (χ3n) is 7.22. The zero-order chi connectivity index (χ0) is 32.4. The molecule has 8 nitrogen and oxygen atoms in total. The summed E-state index contributed by atoms with van der Waals surface area (Å²) >= 11 is 0. The number of amides is 2. The zero-order valence-electron chi connectivity index (χ0n) is 25.6. The van der Waals surface area contributed by atoms with Crippen LogP contribution in [0, 0.1) is 11.7 Å². The number of anilines is 1. The van der Waals surface area contributed by atoms with Crippen molar-refractivity contribution in [3.63, 3.8) is 0 Å². The number of hydrogen-bond donors (Lipinski definition) is 1. The summed E-state index contributed by atoms with van der Waals surface area (Å²) in [6.45, 7) is 3.34. The molecule has 0 bridgehead atoms. The van der Waals surface area contributed by atoms with Gasteiger partial charge in [0.25, 0.3) is 10.0 Å². The van der Waals surface area contributed by atoms with E-state index >= 15 is 4.39 Å². The minimum Gasteiger partial charge on any atom is -0.495 e. The lowest BCUT2D eigenvalue weighted by atomic mass is 10.0. The largest absolute Gasteiger partial charge is 0.495 e. The highest BCUT2D eigenvalue weighted by molar-refractivity contribution is 7.92. The molecule has 0 aliphatic carbocycles. The molecule has 0 spiro atoms. The van der Waals surface area contributed by atoms with Gasteiger partial charge in [0.05, 0.1) is 17.7 Å². The average molecular weight is 632 g/mol. The van der Waals surface area contributed by atoms with E-state index in [4.69, 9.17) is 4.74 Å². The number of sulfonamides is 1. The molecule has 1 N–H and O–H groups in total. The Labute approximate surface area is 264 Å². The van der Waals surface area contributed by atoms with E-state index in [2.05, 4.69) is 5.32 Å². The number of rotatable bonds is 14. The van der Waals surface area contributed by atoms with Gasteiger partial charge >= 0.3 is 0 Å². The van der Waals surface area contributed by atoms with Gasteiger partial charge in [-0.15, -0.1) is 0 Å². The Hall–Kier alpha value is -4.70. The normalized spacial score (nSPS) is 11.9. The molecule has 0 aromatic heterocycles. The summed E-state index contributed by atoms with van der Waals surface area (Å²) in [5.74, 6) is -1.29. The molecule has 4 rings (SSSR count). The molecule has 4 aromatic carbocycles. The molecule has 2 amide bonds. The number of para-hydroxylation sites is 2. The van der Waals surface area contributed by atoms with Crippen LogP contribution in [0.2, 0.25) is 0 Å². The van der Waals surface area contributed by atoms with Crippen LogP contribution in [-0.4, -0.2) is 51.4 Å². The predicted molar refractivity (Wildman–Crippen MR) is 173 cm³/mol. The van der Waals surface area contributed by atoms with Crippen LogP contribution in [-0.2, 0) is 32.6 Å². The van der Waals surface area contributed by atoms with E-state index in [0.29, 0.717) is 6.54 Å². The molecule has 0 aliphatic heterocycles. The first kappa shape index (κ1) is 33.2. The van der Waals surface area contributed by atoms with Crippen molar-refractivity contribution in [2.45, 2.75) is 37.8 Å². The second-order valence-corrected chi connectivity index (χ2v) is 12.8. The van der Waals surface area contributed by atoms with Crippen LogP contribution in [0.15, 0.2) is 114 Å². The molecule has 0 unspecified atom stereocenters. The first-order valence-electron chi connectivity index (χ1n) is 14.7. The van der Waals surface area contributed by atoms with E-state index in [9.17, 15) is 18.0 Å². The minimum atomic E-state index is -4.29. The smallest absolute Gasteiger partial charge is 0.264 e. The van der Waals surface area contributed by atoms with Crippen molar-refractivity contribution >= 4 is 27.5 Å². The lowest BCUT2D eigenvalue weighted by Gasteiger charge is -2.34. The molecular weight excluding hydrogens is 593 g/mol. The highest BCUT2D eigenvalue weighted by Crippen LogP contribution is 2.32. The van der Waals surface area contributed by atoms with Crippen LogP contribution in [0.3, 0.4) is 0 Å². The molecule has 1 atom stereocenters. The van der Waals surface area contributed by atoms with Crippen molar-refractivity contribution in [1.29, 1.82) is 0 Å². The molecule has 0 radical (unpaired) electrons. The number of methoxy groups -OCH3 is 1. The highest BCUT2D eigenvalue weighted by Gasteiger charge is 2.35. The molecule has 0 aliphatic rings. The number of hydrogen-bond acceptors (Lipinski definition) is 5. The van der Waals surface area contributed by atoms with Crippen LogP contribution in [0.5, 0.6) is 5.75 Å². The maximum absolute atomic E-state index is 15.0. The molecule has 0 fully saturated rings. The summed E-state index contributed by atoms with van der Waals surface area (Å²) in [5, 5.41) is 2.92. The Bertz CT molecular complexity index is 1680. The molecule has 4 aromatic rings. The second-order valence-electron chi connectivity index (χ2n) is 11.0. The van der Waals surface area contributed by atoms with Crippen LogP contribution < -0.4 is 14.4 Å². The number of carbonyl (C=O) groups is 2. The average Bonchev–Trinajstić information content (AvgIpc) is 3.05. The van der Waals surface area contributed by atoms with Gasteiger partial charge in [-0.05, 0) is 41.8 Å². The SMILES string of the molecule is COc1ccccc1N(CC(=O)N(Cc1ccccc1F)[C@H](Cc1ccccc1)C(=O)NCC(C)C)S(=O)(=O)c1ccccc1. The quantitative estimate of drug-likeness (QED) is 0.200. The molecular formula is C35H38FN3O5S. The van der Waals surface area contributed by atoms with Crippen LogP contribution in [0.25, 0.3) is 0 Å². The molecule has 236 valence electrons. The van der Waals surface area contributed by atoms with E-state index < -0.39 is 40.2 Å². The van der Waals surface area contributed by atoms with Crippen LogP contribution in [0.4, 0.5) is 10.1 Å².